The highest BCUT2D eigenvalue weighted by Gasteiger charge is 2.06. The SMILES string of the molecule is CCc1noc(Cn2cnc(CNC(C)C)c2)n1. The largest absolute Gasteiger partial charge is 0.337 e. The molecule has 0 unspecified atom stereocenters. The van der Waals surface area contributed by atoms with Crippen LogP contribution >= 0.6 is 0 Å². The van der Waals surface area contributed by atoms with Gasteiger partial charge < -0.3 is 14.4 Å². The third-order valence-corrected chi connectivity index (χ3v) is 2.52. The molecule has 0 atom stereocenters. The van der Waals surface area contributed by atoms with Gasteiger partial charge in [0.1, 0.15) is 6.54 Å². The molecule has 2 rings (SSSR count). The predicted molar refractivity (Wildman–Crippen MR) is 67.0 cm³/mol. The third-order valence-electron chi connectivity index (χ3n) is 2.52. The number of aryl methyl sites for hydroxylation is 1. The number of aromatic nitrogens is 4. The minimum Gasteiger partial charge on any atom is -0.337 e. The lowest BCUT2D eigenvalue weighted by molar-refractivity contribution is 0.366. The van der Waals surface area contributed by atoms with Gasteiger partial charge in [-0.1, -0.05) is 25.9 Å². The average Bonchev–Trinajstić information content (AvgIpc) is 2.96. The van der Waals surface area contributed by atoms with Crippen molar-refractivity contribution in [2.24, 2.45) is 0 Å². The Morgan fingerprint density at radius 3 is 2.94 bits per heavy atom. The first kappa shape index (κ1) is 12.8. The van der Waals surface area contributed by atoms with Crippen molar-refractivity contribution >= 4 is 0 Å². The molecule has 0 aliphatic rings. The van der Waals surface area contributed by atoms with E-state index >= 15 is 0 Å². The fourth-order valence-corrected chi connectivity index (χ4v) is 1.55. The van der Waals surface area contributed by atoms with Gasteiger partial charge in [0.25, 0.3) is 0 Å². The lowest BCUT2D eigenvalue weighted by Gasteiger charge is -2.04. The van der Waals surface area contributed by atoms with Crippen molar-refractivity contribution in [2.75, 3.05) is 0 Å². The molecule has 0 aromatic carbocycles. The highest BCUT2D eigenvalue weighted by atomic mass is 16.5. The van der Waals surface area contributed by atoms with E-state index in [2.05, 4.69) is 34.3 Å². The molecule has 98 valence electrons. The number of nitrogens with zero attached hydrogens (tertiary/aromatic N) is 4. The van der Waals surface area contributed by atoms with Crippen molar-refractivity contribution in [2.45, 2.75) is 46.3 Å². The first-order chi connectivity index (χ1) is 8.67. The van der Waals surface area contributed by atoms with Crippen molar-refractivity contribution < 1.29 is 4.52 Å². The summed E-state index contributed by atoms with van der Waals surface area (Å²) in [6.45, 7) is 7.57. The Kier molecular flexibility index (Phi) is 4.09. The van der Waals surface area contributed by atoms with E-state index in [4.69, 9.17) is 4.52 Å². The molecular formula is C12H19N5O. The first-order valence-electron chi connectivity index (χ1n) is 6.23. The fraction of sp³-hybridized carbons (Fsp3) is 0.583. The number of hydrogen-bond acceptors (Lipinski definition) is 5. The molecule has 2 heterocycles. The number of rotatable bonds is 6. The summed E-state index contributed by atoms with van der Waals surface area (Å²) in [5.74, 6) is 1.36. The lowest BCUT2D eigenvalue weighted by atomic mass is 10.3. The van der Waals surface area contributed by atoms with Crippen LogP contribution in [0.2, 0.25) is 0 Å². The molecule has 0 bridgehead atoms. The van der Waals surface area contributed by atoms with Gasteiger partial charge in [-0.2, -0.15) is 4.98 Å². The van der Waals surface area contributed by atoms with Crippen LogP contribution in [0.15, 0.2) is 17.0 Å². The van der Waals surface area contributed by atoms with Gasteiger partial charge in [0, 0.05) is 25.2 Å². The summed E-state index contributed by atoms with van der Waals surface area (Å²) in [7, 11) is 0. The molecule has 6 nitrogen and oxygen atoms in total. The minimum absolute atomic E-state index is 0.457. The molecule has 18 heavy (non-hydrogen) atoms. The van der Waals surface area contributed by atoms with E-state index < -0.39 is 0 Å². The van der Waals surface area contributed by atoms with Crippen LogP contribution in [-0.2, 0) is 19.5 Å². The van der Waals surface area contributed by atoms with Gasteiger partial charge in [0.15, 0.2) is 5.82 Å². The van der Waals surface area contributed by atoms with Gasteiger partial charge in [-0.25, -0.2) is 4.98 Å². The van der Waals surface area contributed by atoms with Gasteiger partial charge in [-0.3, -0.25) is 0 Å². The molecule has 0 aliphatic heterocycles. The summed E-state index contributed by atoms with van der Waals surface area (Å²) >= 11 is 0. The van der Waals surface area contributed by atoms with Crippen LogP contribution < -0.4 is 5.32 Å². The number of imidazole rings is 1. The van der Waals surface area contributed by atoms with E-state index in [0.717, 1.165) is 24.5 Å². The van der Waals surface area contributed by atoms with Crippen molar-refractivity contribution in [3.05, 3.63) is 29.9 Å². The molecule has 0 aliphatic carbocycles. The summed E-state index contributed by atoms with van der Waals surface area (Å²) in [5, 5.41) is 7.19. The molecule has 0 amide bonds. The molecule has 0 saturated heterocycles. The zero-order chi connectivity index (χ0) is 13.0. The molecule has 2 aromatic heterocycles. The molecule has 0 spiro atoms. The van der Waals surface area contributed by atoms with Crippen LogP contribution in [0.1, 0.15) is 38.2 Å². The standard InChI is InChI=1S/C12H19N5O/c1-4-11-15-12(18-16-11)7-17-6-10(14-8-17)5-13-9(2)3/h6,8-9,13H,4-5,7H2,1-3H3. The van der Waals surface area contributed by atoms with Crippen LogP contribution in [0.25, 0.3) is 0 Å². The highest BCUT2D eigenvalue weighted by molar-refractivity contribution is 4.98. The zero-order valence-electron chi connectivity index (χ0n) is 11.1. The average molecular weight is 249 g/mol. The van der Waals surface area contributed by atoms with E-state index in [1.165, 1.54) is 0 Å². The summed E-state index contributed by atoms with van der Waals surface area (Å²) < 4.78 is 7.09. The summed E-state index contributed by atoms with van der Waals surface area (Å²) in [4.78, 5) is 8.59. The number of nitrogens with one attached hydrogen (secondary N) is 1. The maximum atomic E-state index is 5.14. The van der Waals surface area contributed by atoms with Crippen molar-refractivity contribution in [3.63, 3.8) is 0 Å². The van der Waals surface area contributed by atoms with Crippen LogP contribution in [0.4, 0.5) is 0 Å². The second-order valence-electron chi connectivity index (χ2n) is 4.53. The van der Waals surface area contributed by atoms with E-state index in [1.807, 2.05) is 17.7 Å². The van der Waals surface area contributed by atoms with Crippen molar-refractivity contribution in [1.29, 1.82) is 0 Å². The third kappa shape index (κ3) is 3.40. The Hall–Kier alpha value is -1.69. The van der Waals surface area contributed by atoms with Gasteiger partial charge >= 0.3 is 0 Å². The van der Waals surface area contributed by atoms with Crippen LogP contribution in [0.5, 0.6) is 0 Å². The molecule has 0 radical (unpaired) electrons. The van der Waals surface area contributed by atoms with Crippen LogP contribution in [0.3, 0.4) is 0 Å². The van der Waals surface area contributed by atoms with E-state index in [0.29, 0.717) is 18.5 Å². The van der Waals surface area contributed by atoms with Gasteiger partial charge in [-0.15, -0.1) is 0 Å². The smallest absolute Gasteiger partial charge is 0.246 e. The van der Waals surface area contributed by atoms with Crippen molar-refractivity contribution in [3.8, 4) is 0 Å². The molecule has 0 fully saturated rings. The van der Waals surface area contributed by atoms with E-state index in [1.54, 1.807) is 6.33 Å². The Bertz CT molecular complexity index is 488. The summed E-state index contributed by atoms with van der Waals surface area (Å²) in [6, 6.07) is 0.457. The monoisotopic (exact) mass is 249 g/mol. The quantitative estimate of drug-likeness (QED) is 0.837. The van der Waals surface area contributed by atoms with Crippen LogP contribution in [0, 0.1) is 0 Å². The molecule has 6 heteroatoms. The topological polar surface area (TPSA) is 68.8 Å². The van der Waals surface area contributed by atoms with Gasteiger partial charge in [0.2, 0.25) is 5.89 Å². The molecule has 2 aromatic rings. The molecular weight excluding hydrogens is 230 g/mol. The van der Waals surface area contributed by atoms with Crippen molar-refractivity contribution in [1.82, 2.24) is 25.0 Å². The highest BCUT2D eigenvalue weighted by Crippen LogP contribution is 2.03. The summed E-state index contributed by atoms with van der Waals surface area (Å²) in [5.41, 5.74) is 1.01. The zero-order valence-corrected chi connectivity index (χ0v) is 11.1. The minimum atomic E-state index is 0.457. The Morgan fingerprint density at radius 2 is 2.28 bits per heavy atom. The summed E-state index contributed by atoms with van der Waals surface area (Å²) in [6.07, 6.45) is 4.56. The van der Waals surface area contributed by atoms with E-state index in [9.17, 15) is 0 Å². The fourth-order valence-electron chi connectivity index (χ4n) is 1.55. The molecule has 1 N–H and O–H groups in total. The normalized spacial score (nSPS) is 11.3. The lowest BCUT2D eigenvalue weighted by Crippen LogP contribution is -2.21. The molecule has 0 saturated carbocycles. The van der Waals surface area contributed by atoms with Gasteiger partial charge in [-0.05, 0) is 0 Å². The Labute approximate surface area is 106 Å². The maximum absolute atomic E-state index is 5.14. The number of hydrogen-bond donors (Lipinski definition) is 1. The Balaban J connectivity index is 1.93. The van der Waals surface area contributed by atoms with Crippen LogP contribution in [-0.4, -0.2) is 25.7 Å². The maximum Gasteiger partial charge on any atom is 0.246 e. The van der Waals surface area contributed by atoms with Gasteiger partial charge in [0.05, 0.1) is 12.0 Å². The second kappa shape index (κ2) is 5.77. The first-order valence-corrected chi connectivity index (χ1v) is 6.23. The second-order valence-corrected chi connectivity index (χ2v) is 4.53. The Morgan fingerprint density at radius 1 is 1.44 bits per heavy atom. The predicted octanol–water partition coefficient (Wildman–Crippen LogP) is 1.37. The van der Waals surface area contributed by atoms with E-state index in [-0.39, 0.29) is 0 Å².